The van der Waals surface area contributed by atoms with Crippen LogP contribution in [0.1, 0.15) is 32.1 Å². The molecule has 2 nitrogen and oxygen atoms in total. The molecule has 2 rings (SSSR count). The Morgan fingerprint density at radius 1 is 0.455 bits per heavy atom. The average molecular weight is 156 g/mol. The van der Waals surface area contributed by atoms with E-state index in [0.717, 1.165) is 0 Å². The van der Waals surface area contributed by atoms with Gasteiger partial charge in [-0.3, -0.25) is 0 Å². The summed E-state index contributed by atoms with van der Waals surface area (Å²) in [5, 5.41) is 6.51. The minimum absolute atomic E-state index is 1.25. The van der Waals surface area contributed by atoms with Gasteiger partial charge in [-0.05, 0) is 51.9 Å². The van der Waals surface area contributed by atoms with Crippen LogP contribution in [0.5, 0.6) is 0 Å². The van der Waals surface area contributed by atoms with Crippen molar-refractivity contribution in [2.75, 3.05) is 26.2 Å². The highest BCUT2D eigenvalue weighted by atomic mass is 14.9. The molecular weight excluding hydrogens is 136 g/mol. The SMILES string of the molecule is C1CCNC1.C1CCNCC1. The molecule has 2 aliphatic heterocycles. The summed E-state index contributed by atoms with van der Waals surface area (Å²) in [4.78, 5) is 0. The van der Waals surface area contributed by atoms with Crippen LogP contribution in [0.2, 0.25) is 0 Å². The fraction of sp³-hybridized carbons (Fsp3) is 1.00. The van der Waals surface area contributed by atoms with Crippen LogP contribution in [0.25, 0.3) is 0 Å². The van der Waals surface area contributed by atoms with E-state index in [1.54, 1.807) is 0 Å². The average Bonchev–Trinajstić information content (AvgIpc) is 2.64. The zero-order valence-electron chi connectivity index (χ0n) is 7.36. The lowest BCUT2D eigenvalue weighted by atomic mass is 10.2. The van der Waals surface area contributed by atoms with Gasteiger partial charge in [-0.15, -0.1) is 0 Å². The molecule has 0 aromatic heterocycles. The molecular formula is C9H20N2. The van der Waals surface area contributed by atoms with Crippen molar-refractivity contribution in [2.24, 2.45) is 0 Å². The Hall–Kier alpha value is -0.0800. The van der Waals surface area contributed by atoms with Crippen LogP contribution in [-0.2, 0) is 0 Å². The molecule has 11 heavy (non-hydrogen) atoms. The third kappa shape index (κ3) is 5.22. The molecule has 0 aliphatic carbocycles. The van der Waals surface area contributed by atoms with E-state index in [2.05, 4.69) is 10.6 Å². The first-order valence-electron chi connectivity index (χ1n) is 4.91. The van der Waals surface area contributed by atoms with Crippen LogP contribution in [0.4, 0.5) is 0 Å². The maximum absolute atomic E-state index is 3.28. The van der Waals surface area contributed by atoms with Crippen molar-refractivity contribution in [3.05, 3.63) is 0 Å². The Bertz CT molecular complexity index is 56.5. The van der Waals surface area contributed by atoms with Crippen LogP contribution in [0.3, 0.4) is 0 Å². The molecule has 0 radical (unpaired) electrons. The zero-order chi connectivity index (χ0) is 7.78. The Balaban J connectivity index is 0.000000112. The topological polar surface area (TPSA) is 24.1 Å². The van der Waals surface area contributed by atoms with Gasteiger partial charge in [-0.1, -0.05) is 6.42 Å². The first-order valence-corrected chi connectivity index (χ1v) is 4.91. The van der Waals surface area contributed by atoms with E-state index in [1.807, 2.05) is 0 Å². The fourth-order valence-corrected chi connectivity index (χ4v) is 1.43. The van der Waals surface area contributed by atoms with E-state index in [9.17, 15) is 0 Å². The standard InChI is InChI=1S/C5H11N.C4H9N/c1-2-4-6-5-3-1;1-2-4-5-3-1/h6H,1-5H2;5H,1-4H2. The maximum Gasteiger partial charge on any atom is -0.00484 e. The smallest absolute Gasteiger partial charge is 0.00484 e. The second-order valence-corrected chi connectivity index (χ2v) is 3.27. The second-order valence-electron chi connectivity index (χ2n) is 3.27. The first kappa shape index (κ1) is 9.01. The van der Waals surface area contributed by atoms with Crippen molar-refractivity contribution in [1.82, 2.24) is 10.6 Å². The van der Waals surface area contributed by atoms with Gasteiger partial charge in [0.15, 0.2) is 0 Å². The molecule has 0 aromatic rings. The molecule has 2 heteroatoms. The largest absolute Gasteiger partial charge is 0.317 e. The molecule has 66 valence electrons. The lowest BCUT2D eigenvalue weighted by Crippen LogP contribution is -2.21. The van der Waals surface area contributed by atoms with Gasteiger partial charge < -0.3 is 10.6 Å². The molecule has 0 spiro atoms. The highest BCUT2D eigenvalue weighted by Crippen LogP contribution is 1.96. The molecule has 0 bridgehead atoms. The number of hydrogen-bond acceptors (Lipinski definition) is 2. The van der Waals surface area contributed by atoms with Crippen molar-refractivity contribution < 1.29 is 0 Å². The van der Waals surface area contributed by atoms with E-state index >= 15 is 0 Å². The van der Waals surface area contributed by atoms with Gasteiger partial charge in [0.1, 0.15) is 0 Å². The Kier molecular flexibility index (Phi) is 5.42. The van der Waals surface area contributed by atoms with Crippen molar-refractivity contribution in [1.29, 1.82) is 0 Å². The van der Waals surface area contributed by atoms with E-state index in [1.165, 1.54) is 58.3 Å². The number of piperidine rings is 1. The molecule has 0 aromatic carbocycles. The molecule has 2 heterocycles. The van der Waals surface area contributed by atoms with Crippen molar-refractivity contribution in [3.8, 4) is 0 Å². The predicted octanol–water partition coefficient (Wildman–Crippen LogP) is 1.13. The Labute approximate surface area is 69.8 Å². The number of nitrogens with one attached hydrogen (secondary N) is 2. The molecule has 0 amide bonds. The molecule has 0 unspecified atom stereocenters. The van der Waals surface area contributed by atoms with Gasteiger partial charge in [0.2, 0.25) is 0 Å². The maximum atomic E-state index is 3.28. The van der Waals surface area contributed by atoms with E-state index in [-0.39, 0.29) is 0 Å². The van der Waals surface area contributed by atoms with Crippen LogP contribution < -0.4 is 10.6 Å². The molecule has 2 N–H and O–H groups in total. The van der Waals surface area contributed by atoms with Crippen LogP contribution in [-0.4, -0.2) is 26.2 Å². The van der Waals surface area contributed by atoms with Gasteiger partial charge in [0, 0.05) is 0 Å². The third-order valence-electron chi connectivity index (χ3n) is 2.16. The van der Waals surface area contributed by atoms with Gasteiger partial charge in [-0.25, -0.2) is 0 Å². The van der Waals surface area contributed by atoms with Gasteiger partial charge in [0.25, 0.3) is 0 Å². The van der Waals surface area contributed by atoms with E-state index < -0.39 is 0 Å². The van der Waals surface area contributed by atoms with E-state index in [4.69, 9.17) is 0 Å². The third-order valence-corrected chi connectivity index (χ3v) is 2.16. The van der Waals surface area contributed by atoms with Gasteiger partial charge in [-0.2, -0.15) is 0 Å². The summed E-state index contributed by atoms with van der Waals surface area (Å²) < 4.78 is 0. The number of hydrogen-bond donors (Lipinski definition) is 2. The lowest BCUT2D eigenvalue weighted by molar-refractivity contribution is 0.520. The monoisotopic (exact) mass is 156 g/mol. The zero-order valence-corrected chi connectivity index (χ0v) is 7.36. The quantitative estimate of drug-likeness (QED) is 0.549. The van der Waals surface area contributed by atoms with E-state index in [0.29, 0.717) is 0 Å². The fourth-order valence-electron chi connectivity index (χ4n) is 1.43. The number of rotatable bonds is 0. The summed E-state index contributed by atoms with van der Waals surface area (Å²) in [6.07, 6.45) is 6.99. The second kappa shape index (κ2) is 6.62. The molecule has 2 aliphatic rings. The minimum Gasteiger partial charge on any atom is -0.317 e. The summed E-state index contributed by atoms with van der Waals surface area (Å²) in [6.45, 7) is 5.00. The molecule has 2 saturated heterocycles. The highest BCUT2D eigenvalue weighted by Gasteiger charge is 1.94. The normalized spacial score (nSPS) is 24.0. The molecule has 0 saturated carbocycles. The van der Waals surface area contributed by atoms with Crippen molar-refractivity contribution in [2.45, 2.75) is 32.1 Å². The lowest BCUT2D eigenvalue weighted by Gasteiger charge is -2.08. The van der Waals surface area contributed by atoms with Crippen LogP contribution >= 0.6 is 0 Å². The van der Waals surface area contributed by atoms with Gasteiger partial charge in [0.05, 0.1) is 0 Å². The van der Waals surface area contributed by atoms with Crippen LogP contribution in [0, 0.1) is 0 Å². The minimum atomic E-state index is 1.25. The molecule has 0 atom stereocenters. The van der Waals surface area contributed by atoms with Gasteiger partial charge >= 0.3 is 0 Å². The summed E-state index contributed by atoms with van der Waals surface area (Å²) in [6, 6.07) is 0. The molecule has 2 fully saturated rings. The highest BCUT2D eigenvalue weighted by molar-refractivity contribution is 4.55. The van der Waals surface area contributed by atoms with Crippen LogP contribution in [0.15, 0.2) is 0 Å². The Morgan fingerprint density at radius 2 is 0.818 bits per heavy atom. The summed E-state index contributed by atoms with van der Waals surface area (Å²) in [5.41, 5.74) is 0. The predicted molar refractivity (Wildman–Crippen MR) is 48.8 cm³/mol. The van der Waals surface area contributed by atoms with Crippen molar-refractivity contribution in [3.63, 3.8) is 0 Å². The summed E-state index contributed by atoms with van der Waals surface area (Å²) in [5.74, 6) is 0. The summed E-state index contributed by atoms with van der Waals surface area (Å²) >= 11 is 0. The first-order chi connectivity index (χ1) is 5.50. The summed E-state index contributed by atoms with van der Waals surface area (Å²) in [7, 11) is 0. The Morgan fingerprint density at radius 3 is 1.00 bits per heavy atom. The van der Waals surface area contributed by atoms with Crippen molar-refractivity contribution >= 4 is 0 Å².